The summed E-state index contributed by atoms with van der Waals surface area (Å²) in [6.45, 7) is 2.12. The predicted octanol–water partition coefficient (Wildman–Crippen LogP) is 4.05. The maximum atomic E-state index is 12.0. The first-order valence-electron chi connectivity index (χ1n) is 6.17. The van der Waals surface area contributed by atoms with Crippen molar-refractivity contribution in [1.29, 1.82) is 0 Å². The van der Waals surface area contributed by atoms with Crippen LogP contribution < -0.4 is 15.2 Å². The number of halogens is 3. The predicted molar refractivity (Wildman–Crippen MR) is 73.0 cm³/mol. The van der Waals surface area contributed by atoms with Crippen LogP contribution in [-0.2, 0) is 6.61 Å². The van der Waals surface area contributed by atoms with Crippen molar-refractivity contribution in [3.63, 3.8) is 0 Å². The molecule has 0 aromatic heterocycles. The van der Waals surface area contributed by atoms with Crippen molar-refractivity contribution in [3.8, 4) is 11.5 Å². The molecule has 2 rings (SSSR count). The zero-order valence-electron chi connectivity index (χ0n) is 11.3. The van der Waals surface area contributed by atoms with E-state index in [-0.39, 0.29) is 12.4 Å². The largest absolute Gasteiger partial charge is 0.573 e. The molecular formula is C15H14F3NO2. The molecule has 2 aromatic carbocycles. The molecule has 3 nitrogen and oxygen atoms in total. The van der Waals surface area contributed by atoms with E-state index in [1.54, 1.807) is 12.1 Å². The Morgan fingerprint density at radius 3 is 2.33 bits per heavy atom. The highest BCUT2D eigenvalue weighted by molar-refractivity contribution is 5.48. The molecule has 0 aliphatic carbocycles. The first-order chi connectivity index (χ1) is 9.83. The van der Waals surface area contributed by atoms with Crippen molar-refractivity contribution < 1.29 is 22.6 Å². The molecule has 21 heavy (non-hydrogen) atoms. The number of hydrogen-bond donors (Lipinski definition) is 1. The van der Waals surface area contributed by atoms with Crippen LogP contribution >= 0.6 is 0 Å². The highest BCUT2D eigenvalue weighted by Gasteiger charge is 2.30. The van der Waals surface area contributed by atoms with E-state index in [2.05, 4.69) is 4.74 Å². The van der Waals surface area contributed by atoms with Gasteiger partial charge in [0.25, 0.3) is 0 Å². The topological polar surface area (TPSA) is 44.5 Å². The quantitative estimate of drug-likeness (QED) is 0.866. The molecule has 0 spiro atoms. The summed E-state index contributed by atoms with van der Waals surface area (Å²) >= 11 is 0. The fraction of sp³-hybridized carbons (Fsp3) is 0.200. The molecule has 0 aliphatic heterocycles. The zero-order chi connectivity index (χ0) is 15.5. The maximum absolute atomic E-state index is 12.0. The third kappa shape index (κ3) is 4.59. The second-order valence-electron chi connectivity index (χ2n) is 4.51. The average molecular weight is 297 g/mol. The Morgan fingerprint density at radius 2 is 1.71 bits per heavy atom. The molecule has 0 bridgehead atoms. The van der Waals surface area contributed by atoms with Gasteiger partial charge in [0.05, 0.1) is 0 Å². The van der Waals surface area contributed by atoms with Crippen molar-refractivity contribution in [3.05, 3.63) is 53.6 Å². The number of nitrogens with two attached hydrogens (primary N) is 1. The Morgan fingerprint density at radius 1 is 1.05 bits per heavy atom. The van der Waals surface area contributed by atoms with Crippen molar-refractivity contribution in [2.45, 2.75) is 19.9 Å². The highest BCUT2D eigenvalue weighted by Crippen LogP contribution is 2.24. The summed E-state index contributed by atoms with van der Waals surface area (Å²) in [7, 11) is 0. The normalized spacial score (nSPS) is 11.2. The Hall–Kier alpha value is -2.37. The molecule has 0 heterocycles. The van der Waals surface area contributed by atoms with Crippen molar-refractivity contribution in [2.75, 3.05) is 5.73 Å². The average Bonchev–Trinajstić information content (AvgIpc) is 2.40. The number of hydrogen-bond acceptors (Lipinski definition) is 3. The molecule has 0 saturated heterocycles. The standard InChI is InChI=1S/C15H14F3NO2/c1-10-2-5-12(19)8-14(10)20-9-11-3-6-13(7-4-11)21-15(16,17)18/h2-8H,9,19H2,1H3. The first-order valence-corrected chi connectivity index (χ1v) is 6.17. The zero-order valence-corrected chi connectivity index (χ0v) is 11.3. The lowest BCUT2D eigenvalue weighted by Crippen LogP contribution is -2.17. The lowest BCUT2D eigenvalue weighted by atomic mass is 10.2. The van der Waals surface area contributed by atoms with Gasteiger partial charge in [0, 0.05) is 11.8 Å². The van der Waals surface area contributed by atoms with Gasteiger partial charge in [0.2, 0.25) is 0 Å². The van der Waals surface area contributed by atoms with E-state index < -0.39 is 6.36 Å². The summed E-state index contributed by atoms with van der Waals surface area (Å²) in [5.41, 5.74) is 7.92. The van der Waals surface area contributed by atoms with Gasteiger partial charge >= 0.3 is 6.36 Å². The van der Waals surface area contributed by atoms with Crippen molar-refractivity contribution in [2.24, 2.45) is 0 Å². The van der Waals surface area contributed by atoms with E-state index >= 15 is 0 Å². The highest BCUT2D eigenvalue weighted by atomic mass is 19.4. The molecule has 0 aliphatic rings. The van der Waals surface area contributed by atoms with E-state index in [0.29, 0.717) is 11.4 Å². The number of benzene rings is 2. The number of nitrogen functional groups attached to an aromatic ring is 1. The molecule has 0 saturated carbocycles. The minimum atomic E-state index is -4.68. The molecule has 2 aromatic rings. The van der Waals surface area contributed by atoms with Gasteiger partial charge in [-0.05, 0) is 36.2 Å². The van der Waals surface area contributed by atoms with Gasteiger partial charge in [-0.25, -0.2) is 0 Å². The minimum Gasteiger partial charge on any atom is -0.489 e. The van der Waals surface area contributed by atoms with Crippen LogP contribution in [0, 0.1) is 6.92 Å². The van der Waals surface area contributed by atoms with Gasteiger partial charge in [-0.15, -0.1) is 13.2 Å². The van der Waals surface area contributed by atoms with Crippen LogP contribution in [0.5, 0.6) is 11.5 Å². The lowest BCUT2D eigenvalue weighted by Gasteiger charge is -2.11. The van der Waals surface area contributed by atoms with E-state index in [4.69, 9.17) is 10.5 Å². The van der Waals surface area contributed by atoms with Gasteiger partial charge in [0.1, 0.15) is 18.1 Å². The second kappa shape index (κ2) is 5.95. The molecule has 2 N–H and O–H groups in total. The number of anilines is 1. The summed E-state index contributed by atoms with van der Waals surface area (Å²) in [4.78, 5) is 0. The number of rotatable bonds is 4. The fourth-order valence-electron chi connectivity index (χ4n) is 1.72. The Kier molecular flexibility index (Phi) is 4.26. The van der Waals surface area contributed by atoms with Crippen LogP contribution in [0.3, 0.4) is 0 Å². The monoisotopic (exact) mass is 297 g/mol. The molecule has 0 radical (unpaired) electrons. The number of ether oxygens (including phenoxy) is 2. The van der Waals surface area contributed by atoms with E-state index in [1.807, 2.05) is 13.0 Å². The molecule has 112 valence electrons. The molecule has 0 fully saturated rings. The van der Waals surface area contributed by atoms with Gasteiger partial charge in [-0.3, -0.25) is 0 Å². The SMILES string of the molecule is Cc1ccc(N)cc1OCc1ccc(OC(F)(F)F)cc1. The molecule has 0 unspecified atom stereocenters. The number of aryl methyl sites for hydroxylation is 1. The van der Waals surface area contributed by atoms with Crippen LogP contribution in [0.1, 0.15) is 11.1 Å². The van der Waals surface area contributed by atoms with Crippen LogP contribution in [-0.4, -0.2) is 6.36 Å². The molecule has 0 amide bonds. The molecule has 6 heteroatoms. The summed E-state index contributed by atoms with van der Waals surface area (Å²) in [6, 6.07) is 10.8. The van der Waals surface area contributed by atoms with Crippen LogP contribution in [0.2, 0.25) is 0 Å². The van der Waals surface area contributed by atoms with Crippen LogP contribution in [0.4, 0.5) is 18.9 Å². The Balaban J connectivity index is 1.99. The van der Waals surface area contributed by atoms with Gasteiger partial charge in [0.15, 0.2) is 0 Å². The van der Waals surface area contributed by atoms with E-state index in [1.165, 1.54) is 24.3 Å². The van der Waals surface area contributed by atoms with Gasteiger partial charge < -0.3 is 15.2 Å². The second-order valence-corrected chi connectivity index (χ2v) is 4.51. The fourth-order valence-corrected chi connectivity index (χ4v) is 1.72. The summed E-state index contributed by atoms with van der Waals surface area (Å²) < 4.78 is 45.5. The first kappa shape index (κ1) is 15.0. The van der Waals surface area contributed by atoms with Gasteiger partial charge in [-0.2, -0.15) is 0 Å². The maximum Gasteiger partial charge on any atom is 0.573 e. The third-order valence-electron chi connectivity index (χ3n) is 2.76. The van der Waals surface area contributed by atoms with E-state index in [9.17, 15) is 13.2 Å². The summed E-state index contributed by atoms with van der Waals surface area (Å²) in [5.74, 6) is 0.386. The van der Waals surface area contributed by atoms with Crippen LogP contribution in [0.25, 0.3) is 0 Å². The Labute approximate surface area is 120 Å². The van der Waals surface area contributed by atoms with Crippen molar-refractivity contribution in [1.82, 2.24) is 0 Å². The smallest absolute Gasteiger partial charge is 0.489 e. The number of alkyl halides is 3. The third-order valence-corrected chi connectivity index (χ3v) is 2.76. The Bertz CT molecular complexity index is 609. The minimum absolute atomic E-state index is 0.233. The molecule has 0 atom stereocenters. The van der Waals surface area contributed by atoms with Crippen LogP contribution in [0.15, 0.2) is 42.5 Å². The van der Waals surface area contributed by atoms with Gasteiger partial charge in [-0.1, -0.05) is 18.2 Å². The lowest BCUT2D eigenvalue weighted by molar-refractivity contribution is -0.274. The molecular weight excluding hydrogens is 283 g/mol. The van der Waals surface area contributed by atoms with E-state index in [0.717, 1.165) is 11.1 Å². The summed E-state index contributed by atoms with van der Waals surface area (Å²) in [5, 5.41) is 0. The van der Waals surface area contributed by atoms with Crippen molar-refractivity contribution >= 4 is 5.69 Å². The summed E-state index contributed by atoms with van der Waals surface area (Å²) in [6.07, 6.45) is -4.68.